The minimum Gasteiger partial charge on any atom is -0.476 e. The molecule has 0 fully saturated rings. The van der Waals surface area contributed by atoms with Gasteiger partial charge in [0.2, 0.25) is 5.88 Å². The average Bonchev–Trinajstić information content (AvgIpc) is 2.23. The fourth-order valence-corrected chi connectivity index (χ4v) is 0.958. The summed E-state index contributed by atoms with van der Waals surface area (Å²) < 4.78 is 41.6. The van der Waals surface area contributed by atoms with Crippen LogP contribution in [-0.4, -0.2) is 24.1 Å². The summed E-state index contributed by atoms with van der Waals surface area (Å²) in [7, 11) is 0. The number of aliphatic imine (C=N–C) groups is 1. The van der Waals surface area contributed by atoms with Gasteiger partial charge in [-0.1, -0.05) is 0 Å². The van der Waals surface area contributed by atoms with Crippen molar-refractivity contribution in [2.24, 2.45) is 16.5 Å². The van der Waals surface area contributed by atoms with Crippen LogP contribution in [0.5, 0.6) is 5.88 Å². The number of pyridine rings is 1. The first kappa shape index (κ1) is 13.1. The van der Waals surface area contributed by atoms with Gasteiger partial charge < -0.3 is 16.2 Å². The largest absolute Gasteiger partial charge is 0.476 e. The Morgan fingerprint density at radius 1 is 1.35 bits per heavy atom. The zero-order valence-corrected chi connectivity index (χ0v) is 8.74. The summed E-state index contributed by atoms with van der Waals surface area (Å²) in [5.74, 6) is 0.0118. The Morgan fingerprint density at radius 2 is 2.06 bits per heavy atom. The summed E-state index contributed by atoms with van der Waals surface area (Å²) in [6.45, 7) is 0.349. The lowest BCUT2D eigenvalue weighted by atomic mass is 10.3. The van der Waals surface area contributed by atoms with Crippen LogP contribution in [0.15, 0.2) is 23.3 Å². The molecular weight excluding hydrogens is 237 g/mol. The number of guanidine groups is 1. The second-order valence-corrected chi connectivity index (χ2v) is 3.04. The molecule has 0 spiro atoms. The molecule has 0 bridgehead atoms. The number of nitrogens with two attached hydrogens (primary N) is 2. The number of aromatic nitrogens is 1. The van der Waals surface area contributed by atoms with Crippen LogP contribution >= 0.6 is 0 Å². The van der Waals surface area contributed by atoms with E-state index >= 15 is 0 Å². The molecule has 0 aliphatic heterocycles. The molecule has 17 heavy (non-hydrogen) atoms. The molecule has 94 valence electrons. The molecular formula is C9H11F3N4O. The molecule has 0 atom stereocenters. The van der Waals surface area contributed by atoms with Crippen molar-refractivity contribution < 1.29 is 17.9 Å². The van der Waals surface area contributed by atoms with Gasteiger partial charge in [-0.2, -0.15) is 13.2 Å². The highest BCUT2D eigenvalue weighted by atomic mass is 19.4. The summed E-state index contributed by atoms with van der Waals surface area (Å²) in [5, 5.41) is 0. The third-order valence-corrected chi connectivity index (χ3v) is 1.70. The highest BCUT2D eigenvalue weighted by molar-refractivity contribution is 5.75. The molecule has 1 rings (SSSR count). The van der Waals surface area contributed by atoms with Crippen molar-refractivity contribution >= 4 is 5.96 Å². The van der Waals surface area contributed by atoms with E-state index in [-0.39, 0.29) is 25.0 Å². The molecule has 1 heterocycles. The highest BCUT2D eigenvalue weighted by Crippen LogP contribution is 2.29. The first-order valence-corrected chi connectivity index (χ1v) is 4.61. The van der Waals surface area contributed by atoms with Gasteiger partial charge in [0.1, 0.15) is 6.61 Å². The standard InChI is InChI=1S/C9H11F3N4O/c10-9(11,12)6-1-2-7(16-5-6)17-4-3-15-8(13)14/h1-2,5H,3-4H2,(H4,13,14,15). The molecule has 5 nitrogen and oxygen atoms in total. The number of nitrogens with zero attached hydrogens (tertiary/aromatic N) is 2. The van der Waals surface area contributed by atoms with Crippen LogP contribution in [0, 0.1) is 0 Å². The predicted molar refractivity (Wildman–Crippen MR) is 55.4 cm³/mol. The maximum absolute atomic E-state index is 12.2. The predicted octanol–water partition coefficient (Wildman–Crippen LogP) is 0.753. The summed E-state index contributed by atoms with van der Waals surface area (Å²) in [4.78, 5) is 7.14. The van der Waals surface area contributed by atoms with Crippen molar-refractivity contribution in [1.29, 1.82) is 0 Å². The first-order chi connectivity index (χ1) is 7.89. The third-order valence-electron chi connectivity index (χ3n) is 1.70. The molecule has 0 aliphatic rings. The second kappa shape index (κ2) is 5.37. The second-order valence-electron chi connectivity index (χ2n) is 3.04. The van der Waals surface area contributed by atoms with Crippen LogP contribution in [0.1, 0.15) is 5.56 Å². The minimum absolute atomic E-state index is 0.0750. The summed E-state index contributed by atoms with van der Waals surface area (Å²) >= 11 is 0. The van der Waals surface area contributed by atoms with Crippen molar-refractivity contribution in [3.63, 3.8) is 0 Å². The number of hydrogen-bond donors (Lipinski definition) is 2. The molecule has 0 saturated heterocycles. The molecule has 0 radical (unpaired) electrons. The molecule has 0 amide bonds. The summed E-state index contributed by atoms with van der Waals surface area (Å²) in [6, 6.07) is 2.03. The van der Waals surface area contributed by atoms with E-state index in [1.54, 1.807) is 0 Å². The van der Waals surface area contributed by atoms with E-state index in [4.69, 9.17) is 16.2 Å². The number of hydrogen-bond acceptors (Lipinski definition) is 3. The lowest BCUT2D eigenvalue weighted by Crippen LogP contribution is -2.23. The highest BCUT2D eigenvalue weighted by Gasteiger charge is 2.30. The van der Waals surface area contributed by atoms with Crippen molar-refractivity contribution in [3.05, 3.63) is 23.9 Å². The maximum atomic E-state index is 12.2. The van der Waals surface area contributed by atoms with Gasteiger partial charge in [-0.25, -0.2) is 4.98 Å². The normalized spacial score (nSPS) is 11.0. The lowest BCUT2D eigenvalue weighted by Gasteiger charge is -2.07. The number of ether oxygens (including phenoxy) is 1. The van der Waals surface area contributed by atoms with Gasteiger partial charge in [0.05, 0.1) is 12.1 Å². The summed E-state index contributed by atoms with van der Waals surface area (Å²) in [5.41, 5.74) is 9.32. The first-order valence-electron chi connectivity index (χ1n) is 4.61. The van der Waals surface area contributed by atoms with Crippen LogP contribution in [0.25, 0.3) is 0 Å². The maximum Gasteiger partial charge on any atom is 0.417 e. The van der Waals surface area contributed by atoms with E-state index in [0.717, 1.165) is 12.1 Å². The monoisotopic (exact) mass is 248 g/mol. The smallest absolute Gasteiger partial charge is 0.417 e. The Morgan fingerprint density at radius 3 is 2.53 bits per heavy atom. The molecule has 1 aromatic rings. The van der Waals surface area contributed by atoms with Crippen molar-refractivity contribution in [1.82, 2.24) is 4.98 Å². The molecule has 0 saturated carbocycles. The van der Waals surface area contributed by atoms with Gasteiger partial charge in [-0.15, -0.1) is 0 Å². The SMILES string of the molecule is NC(N)=NCCOc1ccc(C(F)(F)F)cn1. The van der Waals surface area contributed by atoms with Gasteiger partial charge in [-0.05, 0) is 6.07 Å². The summed E-state index contributed by atoms with van der Waals surface area (Å²) in [6.07, 6.45) is -3.69. The molecule has 1 aromatic heterocycles. The van der Waals surface area contributed by atoms with E-state index in [2.05, 4.69) is 9.98 Å². The Kier molecular flexibility index (Phi) is 4.13. The Hall–Kier alpha value is -1.99. The van der Waals surface area contributed by atoms with Gasteiger partial charge in [0.15, 0.2) is 5.96 Å². The number of rotatable bonds is 4. The van der Waals surface area contributed by atoms with Crippen LogP contribution in [0.2, 0.25) is 0 Å². The molecule has 4 N–H and O–H groups in total. The average molecular weight is 248 g/mol. The van der Waals surface area contributed by atoms with Crippen LogP contribution in [0.4, 0.5) is 13.2 Å². The Labute approximate surface area is 95.3 Å². The molecule has 0 unspecified atom stereocenters. The van der Waals surface area contributed by atoms with Crippen molar-refractivity contribution in [2.45, 2.75) is 6.18 Å². The Bertz CT molecular complexity index is 384. The van der Waals surface area contributed by atoms with Gasteiger partial charge in [0, 0.05) is 12.3 Å². The van der Waals surface area contributed by atoms with E-state index in [1.807, 2.05) is 0 Å². The fraction of sp³-hybridized carbons (Fsp3) is 0.333. The number of alkyl halides is 3. The zero-order chi connectivity index (χ0) is 12.9. The lowest BCUT2D eigenvalue weighted by molar-refractivity contribution is -0.137. The van der Waals surface area contributed by atoms with E-state index < -0.39 is 11.7 Å². The van der Waals surface area contributed by atoms with Gasteiger partial charge in [-0.3, -0.25) is 4.99 Å². The van der Waals surface area contributed by atoms with Crippen molar-refractivity contribution in [3.8, 4) is 5.88 Å². The zero-order valence-electron chi connectivity index (χ0n) is 8.74. The quantitative estimate of drug-likeness (QED) is 0.467. The van der Waals surface area contributed by atoms with Gasteiger partial charge in [0.25, 0.3) is 0 Å². The minimum atomic E-state index is -4.40. The van der Waals surface area contributed by atoms with Gasteiger partial charge >= 0.3 is 6.18 Å². The van der Waals surface area contributed by atoms with Crippen LogP contribution < -0.4 is 16.2 Å². The fourth-order valence-electron chi connectivity index (χ4n) is 0.958. The van der Waals surface area contributed by atoms with Crippen LogP contribution in [0.3, 0.4) is 0 Å². The number of halogens is 3. The molecule has 8 heteroatoms. The topological polar surface area (TPSA) is 86.5 Å². The third kappa shape index (κ3) is 4.58. The van der Waals surface area contributed by atoms with E-state index in [0.29, 0.717) is 6.20 Å². The molecule has 0 aromatic carbocycles. The molecule has 0 aliphatic carbocycles. The Balaban J connectivity index is 2.49. The van der Waals surface area contributed by atoms with E-state index in [9.17, 15) is 13.2 Å². The van der Waals surface area contributed by atoms with Crippen molar-refractivity contribution in [2.75, 3.05) is 13.2 Å². The van der Waals surface area contributed by atoms with Crippen LogP contribution in [-0.2, 0) is 6.18 Å². The van der Waals surface area contributed by atoms with E-state index in [1.165, 1.54) is 0 Å².